The lowest BCUT2D eigenvalue weighted by molar-refractivity contribution is -0.133. The Morgan fingerprint density at radius 3 is 2.62 bits per heavy atom. The summed E-state index contributed by atoms with van der Waals surface area (Å²) in [4.78, 5) is 30.6. The zero-order chi connectivity index (χ0) is 15.8. The number of hydrogen-bond acceptors (Lipinski definition) is 5. The second-order valence-corrected chi connectivity index (χ2v) is 7.20. The molecule has 1 saturated heterocycles. The number of thiazole rings is 1. The van der Waals surface area contributed by atoms with E-state index >= 15 is 0 Å². The molecule has 2 amide bonds. The normalized spacial score (nSPS) is 19.6. The molecule has 21 heavy (non-hydrogen) atoms. The van der Waals surface area contributed by atoms with Gasteiger partial charge >= 0.3 is 0 Å². The van der Waals surface area contributed by atoms with Crippen LogP contribution < -0.4 is 5.73 Å². The highest BCUT2D eigenvalue weighted by atomic mass is 32.1. The summed E-state index contributed by atoms with van der Waals surface area (Å²) in [5.41, 5.74) is 5.89. The van der Waals surface area contributed by atoms with E-state index in [0.29, 0.717) is 18.0 Å². The Morgan fingerprint density at radius 1 is 1.43 bits per heavy atom. The van der Waals surface area contributed by atoms with E-state index in [-0.39, 0.29) is 17.9 Å². The monoisotopic (exact) mass is 311 g/mol. The molecule has 0 radical (unpaired) electrons. The molecule has 0 aliphatic carbocycles. The van der Waals surface area contributed by atoms with Gasteiger partial charge in [0.05, 0.1) is 23.9 Å². The van der Waals surface area contributed by atoms with Crippen LogP contribution in [0.1, 0.15) is 41.1 Å². The fourth-order valence-electron chi connectivity index (χ4n) is 2.07. The molecule has 1 aromatic rings. The Balaban J connectivity index is 2.20. The molecule has 2 heterocycles. The summed E-state index contributed by atoms with van der Waals surface area (Å²) in [5, 5.41) is 0.933. The molecular weight excluding hydrogens is 290 g/mol. The van der Waals surface area contributed by atoms with Crippen molar-refractivity contribution in [2.75, 3.05) is 19.7 Å². The highest BCUT2D eigenvalue weighted by molar-refractivity contribution is 7.14. The number of aromatic nitrogens is 1. The van der Waals surface area contributed by atoms with E-state index in [1.807, 2.05) is 6.92 Å². The van der Waals surface area contributed by atoms with Crippen LogP contribution in [0.5, 0.6) is 0 Å². The summed E-state index contributed by atoms with van der Waals surface area (Å²) in [5.74, 6) is -0.640. The van der Waals surface area contributed by atoms with E-state index in [2.05, 4.69) is 25.8 Å². The number of hydrogen-bond donors (Lipinski definition) is 1. The van der Waals surface area contributed by atoms with Crippen LogP contribution >= 0.6 is 11.3 Å². The highest BCUT2D eigenvalue weighted by Gasteiger charge is 2.31. The number of ether oxygens (including phenoxy) is 1. The number of carbonyl (C=O) groups excluding carboxylic acids is 2. The quantitative estimate of drug-likeness (QED) is 0.885. The second kappa shape index (κ2) is 5.73. The zero-order valence-corrected chi connectivity index (χ0v) is 13.6. The average molecular weight is 311 g/mol. The fraction of sp³-hybridized carbons (Fsp3) is 0.643. The van der Waals surface area contributed by atoms with Gasteiger partial charge in [-0.1, -0.05) is 20.8 Å². The van der Waals surface area contributed by atoms with Gasteiger partial charge in [-0.05, 0) is 6.92 Å². The summed E-state index contributed by atoms with van der Waals surface area (Å²) in [6.45, 7) is 9.03. The molecule has 1 fully saturated rings. The number of carbonyl (C=O) groups is 2. The minimum absolute atomic E-state index is 0.0886. The molecule has 116 valence electrons. The molecule has 0 aromatic carbocycles. The van der Waals surface area contributed by atoms with E-state index in [9.17, 15) is 9.59 Å². The number of amides is 2. The molecule has 1 aliphatic rings. The van der Waals surface area contributed by atoms with Crippen molar-refractivity contribution in [1.29, 1.82) is 0 Å². The molecule has 2 rings (SSSR count). The Bertz CT molecular complexity index is 562. The number of morpholine rings is 1. The van der Waals surface area contributed by atoms with Gasteiger partial charge in [0.1, 0.15) is 4.88 Å². The first kappa shape index (κ1) is 15.9. The molecule has 2 N–H and O–H groups in total. The van der Waals surface area contributed by atoms with Crippen molar-refractivity contribution in [1.82, 2.24) is 9.88 Å². The van der Waals surface area contributed by atoms with Crippen LogP contribution in [-0.4, -0.2) is 47.5 Å². The molecule has 1 unspecified atom stereocenters. The third-order valence-electron chi connectivity index (χ3n) is 3.30. The van der Waals surface area contributed by atoms with Crippen LogP contribution in [0.15, 0.2) is 0 Å². The van der Waals surface area contributed by atoms with Gasteiger partial charge in [0, 0.05) is 12.0 Å². The largest absolute Gasteiger partial charge is 0.367 e. The lowest BCUT2D eigenvalue weighted by atomic mass is 9.98. The Kier molecular flexibility index (Phi) is 4.34. The van der Waals surface area contributed by atoms with E-state index < -0.39 is 12.0 Å². The van der Waals surface area contributed by atoms with Gasteiger partial charge in [-0.25, -0.2) is 4.98 Å². The van der Waals surface area contributed by atoms with E-state index in [4.69, 9.17) is 10.5 Å². The first-order valence-electron chi connectivity index (χ1n) is 6.88. The lowest BCUT2D eigenvalue weighted by Gasteiger charge is -2.31. The smallest absolute Gasteiger partial charge is 0.266 e. The molecule has 1 aliphatic heterocycles. The van der Waals surface area contributed by atoms with E-state index in [1.54, 1.807) is 4.90 Å². The topological polar surface area (TPSA) is 85.5 Å². The molecule has 1 atom stereocenters. The maximum Gasteiger partial charge on any atom is 0.266 e. The lowest BCUT2D eigenvalue weighted by Crippen LogP contribution is -2.50. The summed E-state index contributed by atoms with van der Waals surface area (Å²) in [6.07, 6.45) is -0.724. The zero-order valence-electron chi connectivity index (χ0n) is 12.8. The first-order chi connectivity index (χ1) is 9.70. The van der Waals surface area contributed by atoms with Gasteiger partial charge in [-0.3, -0.25) is 9.59 Å². The average Bonchev–Trinajstić information content (AvgIpc) is 2.80. The van der Waals surface area contributed by atoms with Crippen LogP contribution in [0.2, 0.25) is 0 Å². The number of nitrogens with zero attached hydrogens (tertiary/aromatic N) is 2. The number of rotatable bonds is 2. The minimum atomic E-state index is -0.724. The maximum atomic E-state index is 12.6. The van der Waals surface area contributed by atoms with Crippen molar-refractivity contribution >= 4 is 23.2 Å². The highest BCUT2D eigenvalue weighted by Crippen LogP contribution is 2.30. The van der Waals surface area contributed by atoms with Gasteiger partial charge in [0.2, 0.25) is 5.91 Å². The first-order valence-corrected chi connectivity index (χ1v) is 7.70. The van der Waals surface area contributed by atoms with Gasteiger partial charge in [-0.2, -0.15) is 0 Å². The van der Waals surface area contributed by atoms with Crippen molar-refractivity contribution in [3.05, 3.63) is 15.6 Å². The number of aryl methyl sites for hydroxylation is 1. The Labute approximate surface area is 128 Å². The Morgan fingerprint density at radius 2 is 2.10 bits per heavy atom. The van der Waals surface area contributed by atoms with Crippen LogP contribution in [0, 0.1) is 6.92 Å². The van der Waals surface area contributed by atoms with Crippen LogP contribution in [0.4, 0.5) is 0 Å². The van der Waals surface area contributed by atoms with Crippen molar-refractivity contribution in [3.63, 3.8) is 0 Å². The fourth-order valence-corrected chi connectivity index (χ4v) is 3.16. The SMILES string of the molecule is Cc1nc(C(C)(C)C)sc1C(=O)N1CCOC(C(N)=O)C1. The van der Waals surface area contributed by atoms with Crippen molar-refractivity contribution in [2.45, 2.75) is 39.2 Å². The standard InChI is InChI=1S/C14H21N3O3S/c1-8-10(21-13(16-8)14(2,3)4)12(19)17-5-6-20-9(7-17)11(15)18/h9H,5-7H2,1-4H3,(H2,15,18). The molecule has 7 heteroatoms. The molecule has 0 spiro atoms. The van der Waals surface area contributed by atoms with Crippen molar-refractivity contribution < 1.29 is 14.3 Å². The predicted molar refractivity (Wildman–Crippen MR) is 80.4 cm³/mol. The van der Waals surface area contributed by atoms with Crippen LogP contribution in [0.3, 0.4) is 0 Å². The van der Waals surface area contributed by atoms with Crippen LogP contribution in [0.25, 0.3) is 0 Å². The summed E-state index contributed by atoms with van der Waals surface area (Å²) < 4.78 is 5.26. The summed E-state index contributed by atoms with van der Waals surface area (Å²) in [6, 6.07) is 0. The third-order valence-corrected chi connectivity index (χ3v) is 4.87. The number of nitrogens with two attached hydrogens (primary N) is 1. The molecule has 0 saturated carbocycles. The Hall–Kier alpha value is -1.47. The molecule has 6 nitrogen and oxygen atoms in total. The van der Waals surface area contributed by atoms with Crippen LogP contribution in [-0.2, 0) is 14.9 Å². The van der Waals surface area contributed by atoms with Crippen molar-refractivity contribution in [2.24, 2.45) is 5.73 Å². The third kappa shape index (κ3) is 3.41. The predicted octanol–water partition coefficient (Wildman–Crippen LogP) is 1.08. The van der Waals surface area contributed by atoms with Gasteiger partial charge < -0.3 is 15.4 Å². The van der Waals surface area contributed by atoms with Crippen molar-refractivity contribution in [3.8, 4) is 0 Å². The van der Waals surface area contributed by atoms with Gasteiger partial charge in [-0.15, -0.1) is 11.3 Å². The summed E-state index contributed by atoms with van der Waals surface area (Å²) >= 11 is 1.42. The van der Waals surface area contributed by atoms with E-state index in [0.717, 1.165) is 10.7 Å². The van der Waals surface area contributed by atoms with E-state index in [1.165, 1.54) is 11.3 Å². The molecule has 1 aromatic heterocycles. The maximum absolute atomic E-state index is 12.6. The molecule has 0 bridgehead atoms. The van der Waals surface area contributed by atoms with Gasteiger partial charge in [0.25, 0.3) is 5.91 Å². The minimum Gasteiger partial charge on any atom is -0.367 e. The number of primary amides is 1. The van der Waals surface area contributed by atoms with Gasteiger partial charge in [0.15, 0.2) is 6.10 Å². The summed E-state index contributed by atoms with van der Waals surface area (Å²) in [7, 11) is 0. The second-order valence-electron chi connectivity index (χ2n) is 6.20. The molecular formula is C14H21N3O3S.